The average Bonchev–Trinajstić information content (AvgIpc) is 2.23. The van der Waals surface area contributed by atoms with Crippen molar-refractivity contribution in [2.45, 2.75) is 25.4 Å². The maximum atomic E-state index is 11.4. The van der Waals surface area contributed by atoms with Crippen molar-refractivity contribution in [3.63, 3.8) is 0 Å². The van der Waals surface area contributed by atoms with E-state index in [0.29, 0.717) is 11.1 Å². The zero-order valence-electron chi connectivity index (χ0n) is 10.4. The van der Waals surface area contributed by atoms with Crippen molar-refractivity contribution in [3.8, 4) is 0 Å². The summed E-state index contributed by atoms with van der Waals surface area (Å²) >= 11 is 4.24. The van der Waals surface area contributed by atoms with Crippen molar-refractivity contribution in [1.29, 1.82) is 0 Å². The van der Waals surface area contributed by atoms with Crippen molar-refractivity contribution >= 4 is 45.5 Å². The fraction of sp³-hybridized carbons (Fsp3) is 0.500. The third-order valence-electron chi connectivity index (χ3n) is 1.64. The molecule has 0 aromatic rings. The smallest absolute Gasteiger partial charge is 0.215 e. The molecule has 0 aromatic carbocycles. The lowest BCUT2D eigenvalue weighted by Crippen LogP contribution is -2.02. The molecule has 0 amide bonds. The lowest BCUT2D eigenvalue weighted by molar-refractivity contribution is -0.108. The van der Waals surface area contributed by atoms with Crippen molar-refractivity contribution < 1.29 is 9.59 Å². The number of hydrogen-bond donors (Lipinski definition) is 0. The molecule has 2 nitrogen and oxygen atoms in total. The molecule has 0 saturated heterocycles. The maximum Gasteiger partial charge on any atom is 0.215 e. The van der Waals surface area contributed by atoms with Crippen LogP contribution in [0, 0.1) is 0 Å². The van der Waals surface area contributed by atoms with E-state index in [1.54, 1.807) is 25.6 Å². The van der Waals surface area contributed by atoms with Crippen molar-refractivity contribution in [3.05, 3.63) is 24.3 Å². The van der Waals surface area contributed by atoms with E-state index in [-0.39, 0.29) is 14.8 Å². The van der Waals surface area contributed by atoms with E-state index < -0.39 is 0 Å². The van der Waals surface area contributed by atoms with Gasteiger partial charge in [0.25, 0.3) is 0 Å². The van der Waals surface area contributed by atoms with Crippen LogP contribution in [0.25, 0.3) is 0 Å². The lowest BCUT2D eigenvalue weighted by atomic mass is 10.4. The summed E-state index contributed by atoms with van der Waals surface area (Å²) in [5.41, 5.74) is 1.16. The molecule has 0 spiro atoms. The number of thioether (sulfide) groups is 3. The molecule has 96 valence electrons. The van der Waals surface area contributed by atoms with E-state index in [9.17, 15) is 9.59 Å². The summed E-state index contributed by atoms with van der Waals surface area (Å²) in [6, 6.07) is 0. The van der Waals surface area contributed by atoms with Crippen LogP contribution < -0.4 is 0 Å². The zero-order chi connectivity index (χ0) is 13.4. The van der Waals surface area contributed by atoms with Gasteiger partial charge in [0.2, 0.25) is 10.2 Å². The Labute approximate surface area is 116 Å². The van der Waals surface area contributed by atoms with Crippen LogP contribution in [-0.2, 0) is 9.59 Å². The molecule has 5 heteroatoms. The first kappa shape index (κ1) is 16.9. The van der Waals surface area contributed by atoms with E-state index >= 15 is 0 Å². The summed E-state index contributed by atoms with van der Waals surface area (Å²) in [5, 5.41) is 0.0829. The molecule has 17 heavy (non-hydrogen) atoms. The molecular weight excluding hydrogens is 272 g/mol. The maximum absolute atomic E-state index is 11.4. The number of rotatable bonds is 7. The van der Waals surface area contributed by atoms with Crippen LogP contribution in [0.3, 0.4) is 0 Å². The van der Waals surface area contributed by atoms with Gasteiger partial charge in [-0.05, 0) is 31.9 Å². The van der Waals surface area contributed by atoms with Gasteiger partial charge in [-0.3, -0.25) is 9.59 Å². The second-order valence-electron chi connectivity index (χ2n) is 3.54. The normalized spacial score (nSPS) is 11.9. The van der Waals surface area contributed by atoms with Crippen LogP contribution >= 0.6 is 35.3 Å². The number of carbonyl (C=O) groups excluding carboxylic acids is 2. The van der Waals surface area contributed by atoms with Crippen molar-refractivity contribution in [1.82, 2.24) is 0 Å². The van der Waals surface area contributed by atoms with Gasteiger partial charge in [-0.2, -0.15) is 0 Å². The predicted molar refractivity (Wildman–Crippen MR) is 81.6 cm³/mol. The van der Waals surface area contributed by atoms with E-state index in [1.807, 2.05) is 6.92 Å². The lowest BCUT2D eigenvalue weighted by Gasteiger charge is -2.09. The molecule has 0 saturated carbocycles. The van der Waals surface area contributed by atoms with Gasteiger partial charge in [0.15, 0.2) is 0 Å². The highest BCUT2D eigenvalue weighted by Crippen LogP contribution is 2.26. The van der Waals surface area contributed by atoms with Gasteiger partial charge in [0.1, 0.15) is 0 Å². The molecule has 0 aliphatic rings. The Morgan fingerprint density at radius 2 is 1.59 bits per heavy atom. The third kappa shape index (κ3) is 8.57. The fourth-order valence-electron chi connectivity index (χ4n) is 0.757. The van der Waals surface area contributed by atoms with E-state index in [0.717, 1.165) is 11.5 Å². The van der Waals surface area contributed by atoms with Crippen LogP contribution in [0.5, 0.6) is 0 Å². The molecule has 0 N–H and O–H groups in total. The van der Waals surface area contributed by atoms with E-state index in [2.05, 4.69) is 13.2 Å². The second-order valence-corrected chi connectivity index (χ2v) is 7.67. The molecule has 0 bridgehead atoms. The summed E-state index contributed by atoms with van der Waals surface area (Å²) in [4.78, 5) is 22.6. The SMILES string of the molecule is C=C(C)C(=O)SCCSC(C)SC(=O)C(=C)C. The Morgan fingerprint density at radius 3 is 2.06 bits per heavy atom. The fourth-order valence-corrected chi connectivity index (χ4v) is 3.56. The van der Waals surface area contributed by atoms with Gasteiger partial charge >= 0.3 is 0 Å². The van der Waals surface area contributed by atoms with Gasteiger partial charge in [-0.15, -0.1) is 11.8 Å². The molecule has 0 radical (unpaired) electrons. The van der Waals surface area contributed by atoms with E-state index in [1.165, 1.54) is 23.5 Å². The van der Waals surface area contributed by atoms with Gasteiger partial charge in [-0.25, -0.2) is 0 Å². The minimum absolute atomic E-state index is 0.0377. The Morgan fingerprint density at radius 1 is 1.06 bits per heavy atom. The minimum Gasteiger partial charge on any atom is -0.282 e. The summed E-state index contributed by atoms with van der Waals surface area (Å²) < 4.78 is 0.194. The standard InChI is InChI=1S/C12H18O2S3/c1-8(2)11(13)16-7-6-15-10(5)17-12(14)9(3)4/h10H,1,3,6-7H2,2,4-5H3. The third-order valence-corrected chi connectivity index (χ3v) is 5.42. The molecule has 0 rings (SSSR count). The Bertz CT molecular complexity index is 324. The Balaban J connectivity index is 3.68. The topological polar surface area (TPSA) is 34.1 Å². The number of carbonyl (C=O) groups is 2. The van der Waals surface area contributed by atoms with Gasteiger partial charge < -0.3 is 0 Å². The molecule has 1 atom stereocenters. The first-order valence-corrected chi connectivity index (χ1v) is 8.06. The molecule has 0 fully saturated rings. The van der Waals surface area contributed by atoms with Crippen LogP contribution in [0.2, 0.25) is 0 Å². The van der Waals surface area contributed by atoms with Gasteiger partial charge in [-0.1, -0.05) is 36.7 Å². The van der Waals surface area contributed by atoms with Gasteiger partial charge in [0.05, 0.1) is 4.58 Å². The summed E-state index contributed by atoms with van der Waals surface area (Å²) in [6.45, 7) is 12.6. The summed E-state index contributed by atoms with van der Waals surface area (Å²) in [5.74, 6) is 1.60. The van der Waals surface area contributed by atoms with Crippen LogP contribution in [0.1, 0.15) is 20.8 Å². The predicted octanol–water partition coefficient (Wildman–Crippen LogP) is 3.74. The quantitative estimate of drug-likeness (QED) is 0.405. The van der Waals surface area contributed by atoms with Crippen LogP contribution in [-0.4, -0.2) is 26.3 Å². The zero-order valence-corrected chi connectivity index (χ0v) is 12.9. The Hall–Kier alpha value is -0.130. The monoisotopic (exact) mass is 290 g/mol. The molecule has 0 aliphatic heterocycles. The average molecular weight is 290 g/mol. The minimum atomic E-state index is 0.0377. The molecule has 0 heterocycles. The molecular formula is C12H18O2S3. The van der Waals surface area contributed by atoms with E-state index in [4.69, 9.17) is 0 Å². The van der Waals surface area contributed by atoms with Crippen molar-refractivity contribution in [2.24, 2.45) is 0 Å². The highest BCUT2D eigenvalue weighted by atomic mass is 32.2. The van der Waals surface area contributed by atoms with Crippen LogP contribution in [0.4, 0.5) is 0 Å². The number of hydrogen-bond acceptors (Lipinski definition) is 5. The molecule has 0 aromatic heterocycles. The van der Waals surface area contributed by atoms with Crippen LogP contribution in [0.15, 0.2) is 24.3 Å². The second kappa shape index (κ2) is 8.89. The van der Waals surface area contributed by atoms with Gasteiger partial charge in [0, 0.05) is 11.5 Å². The first-order valence-electron chi connectivity index (χ1n) is 5.15. The summed E-state index contributed by atoms with van der Waals surface area (Å²) in [6.07, 6.45) is 0. The summed E-state index contributed by atoms with van der Waals surface area (Å²) in [7, 11) is 0. The van der Waals surface area contributed by atoms with Crippen molar-refractivity contribution in [2.75, 3.05) is 11.5 Å². The largest absolute Gasteiger partial charge is 0.282 e. The highest BCUT2D eigenvalue weighted by Gasteiger charge is 2.11. The first-order chi connectivity index (χ1) is 7.84. The highest BCUT2D eigenvalue weighted by molar-refractivity contribution is 8.25. The molecule has 0 aliphatic carbocycles. The Kier molecular flexibility index (Phi) is 8.82. The molecule has 1 unspecified atom stereocenters.